The van der Waals surface area contributed by atoms with Crippen LogP contribution in [-0.4, -0.2) is 24.0 Å². The number of ether oxygens (including phenoxy) is 1. The van der Waals surface area contributed by atoms with Crippen molar-refractivity contribution in [2.75, 3.05) is 7.11 Å². The molecular formula is C16H11ClF2O4. The Morgan fingerprint density at radius 2 is 1.74 bits per heavy atom. The predicted octanol–water partition coefficient (Wildman–Crippen LogP) is 3.96. The zero-order valence-electron chi connectivity index (χ0n) is 11.8. The van der Waals surface area contributed by atoms with E-state index in [1.807, 2.05) is 0 Å². The molecule has 0 aliphatic heterocycles. The van der Waals surface area contributed by atoms with Crippen LogP contribution in [0, 0.1) is 0 Å². The molecule has 0 saturated heterocycles. The van der Waals surface area contributed by atoms with Gasteiger partial charge in [-0.25, -0.2) is 4.79 Å². The van der Waals surface area contributed by atoms with Crippen molar-refractivity contribution < 1.29 is 28.2 Å². The molecule has 0 unspecified atom stereocenters. The Kier molecular flexibility index (Phi) is 4.77. The Bertz CT molecular complexity index is 774. The lowest BCUT2D eigenvalue weighted by atomic mass is 9.98. The van der Waals surface area contributed by atoms with E-state index in [2.05, 4.69) is 4.74 Å². The number of hydrogen-bond donors (Lipinski definition) is 1. The van der Waals surface area contributed by atoms with Crippen LogP contribution in [0.4, 0.5) is 8.78 Å². The number of benzene rings is 2. The molecule has 0 heterocycles. The minimum Gasteiger partial charge on any atom is -0.478 e. The van der Waals surface area contributed by atoms with Crippen molar-refractivity contribution in [3.63, 3.8) is 0 Å². The van der Waals surface area contributed by atoms with Crippen LogP contribution in [0.2, 0.25) is 5.02 Å². The summed E-state index contributed by atoms with van der Waals surface area (Å²) in [7, 11) is 0.784. The van der Waals surface area contributed by atoms with E-state index in [4.69, 9.17) is 16.7 Å². The molecule has 0 atom stereocenters. The normalized spacial score (nSPS) is 11.3. The maximum Gasteiger partial charge on any atom is 0.383 e. The third kappa shape index (κ3) is 3.72. The average molecular weight is 341 g/mol. The van der Waals surface area contributed by atoms with Gasteiger partial charge >= 0.3 is 12.1 Å². The predicted molar refractivity (Wildman–Crippen MR) is 79.2 cm³/mol. The largest absolute Gasteiger partial charge is 0.478 e. The first-order valence-corrected chi connectivity index (χ1v) is 6.74. The first-order valence-electron chi connectivity index (χ1n) is 6.36. The quantitative estimate of drug-likeness (QED) is 0.837. The Morgan fingerprint density at radius 3 is 2.30 bits per heavy atom. The molecule has 1 N–H and O–H groups in total. The number of carbonyl (C=O) groups is 2. The van der Waals surface area contributed by atoms with Gasteiger partial charge in [-0.05, 0) is 30.3 Å². The molecule has 0 spiro atoms. The molecule has 0 aromatic heterocycles. The zero-order valence-corrected chi connectivity index (χ0v) is 12.6. The summed E-state index contributed by atoms with van der Waals surface area (Å²) in [5.41, 5.74) is -1.19. The number of carboxylic acid groups (broad SMARTS) is 1. The SMILES string of the molecule is COC(F)(F)c1cc(C(=O)O)cc(C(=O)c2cccc(Cl)c2)c1. The topological polar surface area (TPSA) is 63.6 Å². The maximum atomic E-state index is 13.7. The van der Waals surface area contributed by atoms with E-state index >= 15 is 0 Å². The van der Waals surface area contributed by atoms with Crippen molar-refractivity contribution in [1.29, 1.82) is 0 Å². The molecule has 0 bridgehead atoms. The molecule has 0 saturated carbocycles. The summed E-state index contributed by atoms with van der Waals surface area (Å²) >= 11 is 5.80. The van der Waals surface area contributed by atoms with Gasteiger partial charge in [-0.15, -0.1) is 0 Å². The van der Waals surface area contributed by atoms with Crippen molar-refractivity contribution in [2.45, 2.75) is 6.11 Å². The van der Waals surface area contributed by atoms with Crippen LogP contribution < -0.4 is 0 Å². The lowest BCUT2D eigenvalue weighted by molar-refractivity contribution is -0.231. The molecule has 120 valence electrons. The van der Waals surface area contributed by atoms with E-state index in [0.29, 0.717) is 5.02 Å². The Labute approximate surface area is 135 Å². The second-order valence-electron chi connectivity index (χ2n) is 4.66. The van der Waals surface area contributed by atoms with Gasteiger partial charge in [0.15, 0.2) is 5.78 Å². The minimum absolute atomic E-state index is 0.159. The zero-order chi connectivity index (χ0) is 17.2. The lowest BCUT2D eigenvalue weighted by Gasteiger charge is -2.16. The first kappa shape index (κ1) is 17.1. The molecule has 2 rings (SSSR count). The molecular weight excluding hydrogens is 330 g/mol. The smallest absolute Gasteiger partial charge is 0.383 e. The van der Waals surface area contributed by atoms with E-state index in [1.54, 1.807) is 6.07 Å². The standard InChI is InChI=1S/C16H11ClF2O4/c1-23-16(18,19)12-6-10(5-11(7-12)15(21)22)14(20)9-3-2-4-13(17)8-9/h2-8H,1H3,(H,21,22). The van der Waals surface area contributed by atoms with Crippen molar-refractivity contribution in [3.05, 3.63) is 69.7 Å². The fourth-order valence-corrected chi connectivity index (χ4v) is 2.15. The highest BCUT2D eigenvalue weighted by atomic mass is 35.5. The third-order valence-corrected chi connectivity index (χ3v) is 3.36. The number of carboxylic acids is 1. The number of aromatic carboxylic acids is 1. The molecule has 0 radical (unpaired) electrons. The second-order valence-corrected chi connectivity index (χ2v) is 5.10. The average Bonchev–Trinajstić information content (AvgIpc) is 2.53. The summed E-state index contributed by atoms with van der Waals surface area (Å²) < 4.78 is 31.4. The molecule has 4 nitrogen and oxygen atoms in total. The maximum absolute atomic E-state index is 13.7. The van der Waals surface area contributed by atoms with Crippen molar-refractivity contribution in [1.82, 2.24) is 0 Å². The number of hydrogen-bond acceptors (Lipinski definition) is 3. The Balaban J connectivity index is 2.57. The molecule has 0 aliphatic carbocycles. The van der Waals surface area contributed by atoms with Crippen LogP contribution in [0.3, 0.4) is 0 Å². The van der Waals surface area contributed by atoms with Crippen LogP contribution in [0.5, 0.6) is 0 Å². The molecule has 7 heteroatoms. The number of alkyl halides is 2. The molecule has 2 aromatic carbocycles. The molecule has 0 fully saturated rings. The van der Waals surface area contributed by atoms with Gasteiger partial charge in [0.05, 0.1) is 11.1 Å². The van der Waals surface area contributed by atoms with Gasteiger partial charge in [0, 0.05) is 23.3 Å². The van der Waals surface area contributed by atoms with Gasteiger partial charge in [0.1, 0.15) is 0 Å². The van der Waals surface area contributed by atoms with E-state index in [1.165, 1.54) is 18.2 Å². The number of rotatable bonds is 5. The molecule has 0 aliphatic rings. The molecule has 23 heavy (non-hydrogen) atoms. The van der Waals surface area contributed by atoms with Crippen LogP contribution >= 0.6 is 11.6 Å². The van der Waals surface area contributed by atoms with E-state index in [-0.39, 0.29) is 11.1 Å². The lowest BCUT2D eigenvalue weighted by Crippen LogP contribution is -2.18. The Hall–Kier alpha value is -2.31. The highest BCUT2D eigenvalue weighted by Gasteiger charge is 2.33. The summed E-state index contributed by atoms with van der Waals surface area (Å²) in [5.74, 6) is -2.05. The number of carbonyl (C=O) groups excluding carboxylic acids is 1. The monoisotopic (exact) mass is 340 g/mol. The van der Waals surface area contributed by atoms with Crippen LogP contribution in [0.25, 0.3) is 0 Å². The van der Waals surface area contributed by atoms with Crippen LogP contribution in [0.15, 0.2) is 42.5 Å². The molecule has 2 aromatic rings. The van der Waals surface area contributed by atoms with Gasteiger partial charge in [0.25, 0.3) is 0 Å². The number of halogens is 3. The molecule has 0 amide bonds. The van der Waals surface area contributed by atoms with E-state index in [0.717, 1.165) is 25.3 Å². The minimum atomic E-state index is -3.71. The fourth-order valence-electron chi connectivity index (χ4n) is 1.96. The fraction of sp³-hybridized carbons (Fsp3) is 0.125. The van der Waals surface area contributed by atoms with Gasteiger partial charge in [-0.2, -0.15) is 8.78 Å². The summed E-state index contributed by atoms with van der Waals surface area (Å²) in [6.07, 6.45) is -3.71. The van der Waals surface area contributed by atoms with Crippen LogP contribution in [-0.2, 0) is 10.8 Å². The highest BCUT2D eigenvalue weighted by Crippen LogP contribution is 2.30. The van der Waals surface area contributed by atoms with E-state index < -0.39 is 29.0 Å². The van der Waals surface area contributed by atoms with Gasteiger partial charge < -0.3 is 9.84 Å². The van der Waals surface area contributed by atoms with Crippen molar-refractivity contribution in [2.24, 2.45) is 0 Å². The summed E-state index contributed by atoms with van der Waals surface area (Å²) in [5, 5.41) is 9.35. The van der Waals surface area contributed by atoms with E-state index in [9.17, 15) is 18.4 Å². The summed E-state index contributed by atoms with van der Waals surface area (Å²) in [4.78, 5) is 23.5. The Morgan fingerprint density at radius 1 is 1.09 bits per heavy atom. The van der Waals surface area contributed by atoms with Gasteiger partial charge in [-0.3, -0.25) is 4.79 Å². The van der Waals surface area contributed by atoms with Crippen molar-refractivity contribution >= 4 is 23.4 Å². The van der Waals surface area contributed by atoms with Crippen molar-refractivity contribution in [3.8, 4) is 0 Å². The number of ketones is 1. The second kappa shape index (κ2) is 6.44. The highest BCUT2D eigenvalue weighted by molar-refractivity contribution is 6.31. The van der Waals surface area contributed by atoms with Crippen LogP contribution in [0.1, 0.15) is 31.8 Å². The van der Waals surface area contributed by atoms with Gasteiger partial charge in [0.2, 0.25) is 0 Å². The summed E-state index contributed by atoms with van der Waals surface area (Å²) in [6, 6.07) is 8.60. The van der Waals surface area contributed by atoms with Gasteiger partial charge in [-0.1, -0.05) is 23.7 Å². The number of methoxy groups -OCH3 is 1. The third-order valence-electron chi connectivity index (χ3n) is 3.12. The first-order chi connectivity index (χ1) is 10.7. The summed E-state index contributed by atoms with van der Waals surface area (Å²) in [6.45, 7) is 0.